The lowest BCUT2D eigenvalue weighted by molar-refractivity contribution is -0.122. The Labute approximate surface area is 105 Å². The van der Waals surface area contributed by atoms with Crippen LogP contribution >= 0.6 is 0 Å². The summed E-state index contributed by atoms with van der Waals surface area (Å²) in [4.78, 5) is 11.4. The summed E-state index contributed by atoms with van der Waals surface area (Å²) >= 11 is 0. The van der Waals surface area contributed by atoms with Crippen LogP contribution in [-0.4, -0.2) is 24.7 Å². The van der Waals surface area contributed by atoms with Gasteiger partial charge in [-0.25, -0.2) is 4.39 Å². The Bertz CT molecular complexity index is 446. The normalized spacial score (nSPS) is 16.2. The number of nitrogens with one attached hydrogen (secondary N) is 1. The van der Waals surface area contributed by atoms with Gasteiger partial charge in [-0.05, 0) is 31.0 Å². The van der Waals surface area contributed by atoms with E-state index in [1.165, 1.54) is 25.3 Å². The Hall–Kier alpha value is -1.62. The summed E-state index contributed by atoms with van der Waals surface area (Å²) in [7, 11) is 1.45. The van der Waals surface area contributed by atoms with Crippen LogP contribution in [0.2, 0.25) is 0 Å². The number of amides is 1. The van der Waals surface area contributed by atoms with E-state index in [-0.39, 0.29) is 18.4 Å². The van der Waals surface area contributed by atoms with E-state index in [4.69, 9.17) is 4.74 Å². The van der Waals surface area contributed by atoms with Crippen molar-refractivity contribution in [1.29, 1.82) is 0 Å². The number of hydrogen-bond donors (Lipinski definition) is 2. The van der Waals surface area contributed by atoms with E-state index in [1.807, 2.05) is 0 Å². The van der Waals surface area contributed by atoms with E-state index in [2.05, 4.69) is 5.32 Å². The second-order valence-electron chi connectivity index (χ2n) is 4.42. The minimum absolute atomic E-state index is 0.0515. The molecule has 0 aromatic heterocycles. The van der Waals surface area contributed by atoms with Crippen molar-refractivity contribution in [3.63, 3.8) is 0 Å². The van der Waals surface area contributed by atoms with E-state index in [1.54, 1.807) is 0 Å². The third kappa shape index (κ3) is 2.98. The lowest BCUT2D eigenvalue weighted by atomic mass is 10.1. The van der Waals surface area contributed by atoms with Crippen molar-refractivity contribution < 1.29 is 19.0 Å². The first-order valence-corrected chi connectivity index (χ1v) is 5.91. The van der Waals surface area contributed by atoms with Gasteiger partial charge < -0.3 is 15.2 Å². The SMILES string of the molecule is COc1ccc(F)cc1C(O)CNC(=O)C1CC1. The molecule has 0 heterocycles. The van der Waals surface area contributed by atoms with Crippen molar-refractivity contribution in [3.05, 3.63) is 29.6 Å². The van der Waals surface area contributed by atoms with Crippen LogP contribution in [0.15, 0.2) is 18.2 Å². The Balaban J connectivity index is 2.00. The Kier molecular flexibility index (Phi) is 3.81. The van der Waals surface area contributed by atoms with Crippen molar-refractivity contribution >= 4 is 5.91 Å². The van der Waals surface area contributed by atoms with Gasteiger partial charge in [-0.1, -0.05) is 0 Å². The number of aliphatic hydroxyl groups excluding tert-OH is 1. The van der Waals surface area contributed by atoms with Gasteiger partial charge in [0.05, 0.1) is 13.2 Å². The van der Waals surface area contributed by atoms with Crippen molar-refractivity contribution in [1.82, 2.24) is 5.32 Å². The predicted octanol–water partition coefficient (Wildman–Crippen LogP) is 1.39. The topological polar surface area (TPSA) is 58.6 Å². The maximum absolute atomic E-state index is 13.1. The molecule has 1 aliphatic rings. The molecule has 4 nitrogen and oxygen atoms in total. The summed E-state index contributed by atoms with van der Waals surface area (Å²) in [5.41, 5.74) is 0.341. The fourth-order valence-electron chi connectivity index (χ4n) is 1.76. The molecule has 1 unspecified atom stereocenters. The first kappa shape index (κ1) is 12.8. The van der Waals surface area contributed by atoms with Crippen LogP contribution in [0.5, 0.6) is 5.75 Å². The van der Waals surface area contributed by atoms with Crippen LogP contribution in [0.1, 0.15) is 24.5 Å². The third-order valence-corrected chi connectivity index (χ3v) is 2.97. The monoisotopic (exact) mass is 253 g/mol. The zero-order chi connectivity index (χ0) is 13.1. The van der Waals surface area contributed by atoms with Gasteiger partial charge in [0, 0.05) is 18.0 Å². The number of hydrogen-bond acceptors (Lipinski definition) is 3. The van der Waals surface area contributed by atoms with E-state index < -0.39 is 11.9 Å². The zero-order valence-corrected chi connectivity index (χ0v) is 10.1. The summed E-state index contributed by atoms with van der Waals surface area (Å²) < 4.78 is 18.2. The number of aliphatic hydroxyl groups is 1. The maximum atomic E-state index is 13.1. The van der Waals surface area contributed by atoms with Gasteiger partial charge >= 0.3 is 0 Å². The summed E-state index contributed by atoms with van der Waals surface area (Å²) in [6, 6.07) is 3.93. The van der Waals surface area contributed by atoms with Crippen molar-refractivity contribution in [3.8, 4) is 5.75 Å². The first-order valence-electron chi connectivity index (χ1n) is 5.91. The maximum Gasteiger partial charge on any atom is 0.223 e. The predicted molar refractivity (Wildman–Crippen MR) is 63.6 cm³/mol. The van der Waals surface area contributed by atoms with Crippen LogP contribution in [0.4, 0.5) is 4.39 Å². The summed E-state index contributed by atoms with van der Waals surface area (Å²) in [6.45, 7) is 0.0646. The number of benzene rings is 1. The zero-order valence-electron chi connectivity index (χ0n) is 10.1. The highest BCUT2D eigenvalue weighted by atomic mass is 19.1. The van der Waals surface area contributed by atoms with E-state index >= 15 is 0 Å². The number of halogens is 1. The van der Waals surface area contributed by atoms with E-state index in [0.717, 1.165) is 12.8 Å². The molecule has 1 saturated carbocycles. The molecule has 1 aromatic carbocycles. The Morgan fingerprint density at radius 1 is 1.61 bits per heavy atom. The largest absolute Gasteiger partial charge is 0.496 e. The number of ether oxygens (including phenoxy) is 1. The molecule has 5 heteroatoms. The molecule has 2 rings (SSSR count). The van der Waals surface area contributed by atoms with Gasteiger partial charge in [0.1, 0.15) is 11.6 Å². The number of carbonyl (C=O) groups is 1. The quantitative estimate of drug-likeness (QED) is 0.833. The fourth-order valence-corrected chi connectivity index (χ4v) is 1.76. The summed E-state index contributed by atoms with van der Waals surface area (Å²) in [5, 5.41) is 12.6. The van der Waals surface area contributed by atoms with Crippen LogP contribution in [0.3, 0.4) is 0 Å². The molecule has 0 radical (unpaired) electrons. The molecule has 1 aliphatic carbocycles. The van der Waals surface area contributed by atoms with Crippen LogP contribution in [0, 0.1) is 11.7 Å². The number of methoxy groups -OCH3 is 1. The van der Waals surface area contributed by atoms with Crippen molar-refractivity contribution in [2.24, 2.45) is 5.92 Å². The second-order valence-corrected chi connectivity index (χ2v) is 4.42. The number of carbonyl (C=O) groups excluding carboxylic acids is 1. The number of rotatable bonds is 5. The highest BCUT2D eigenvalue weighted by Crippen LogP contribution is 2.29. The average Bonchev–Trinajstić information content (AvgIpc) is 3.19. The lowest BCUT2D eigenvalue weighted by Gasteiger charge is -2.15. The van der Waals surface area contributed by atoms with Crippen LogP contribution in [0.25, 0.3) is 0 Å². The Morgan fingerprint density at radius 2 is 2.33 bits per heavy atom. The fraction of sp³-hybridized carbons (Fsp3) is 0.462. The average molecular weight is 253 g/mol. The molecule has 1 atom stereocenters. The molecule has 1 fully saturated rings. The molecule has 0 saturated heterocycles. The molecule has 1 amide bonds. The molecule has 98 valence electrons. The molecule has 18 heavy (non-hydrogen) atoms. The molecule has 1 aromatic rings. The standard InChI is InChI=1S/C13H16FNO3/c1-18-12-5-4-9(14)6-10(12)11(16)7-15-13(17)8-2-3-8/h4-6,8,11,16H,2-3,7H2,1H3,(H,15,17). The van der Waals surface area contributed by atoms with Gasteiger partial charge in [0.2, 0.25) is 5.91 Å². The molecular weight excluding hydrogens is 237 g/mol. The molecule has 0 bridgehead atoms. The first-order chi connectivity index (χ1) is 8.61. The van der Waals surface area contributed by atoms with Gasteiger partial charge in [0.25, 0.3) is 0 Å². The molecule has 2 N–H and O–H groups in total. The van der Waals surface area contributed by atoms with Gasteiger partial charge in [-0.15, -0.1) is 0 Å². The molecule has 0 spiro atoms. The minimum atomic E-state index is -0.974. The van der Waals surface area contributed by atoms with Crippen LogP contribution < -0.4 is 10.1 Å². The highest BCUT2D eigenvalue weighted by molar-refractivity contribution is 5.80. The third-order valence-electron chi connectivity index (χ3n) is 2.97. The van der Waals surface area contributed by atoms with Crippen molar-refractivity contribution in [2.45, 2.75) is 18.9 Å². The second kappa shape index (κ2) is 5.35. The van der Waals surface area contributed by atoms with E-state index in [0.29, 0.717) is 11.3 Å². The molecular formula is C13H16FNO3. The summed E-state index contributed by atoms with van der Waals surface area (Å²) in [5.74, 6) is -0.000958. The van der Waals surface area contributed by atoms with Crippen molar-refractivity contribution in [2.75, 3.05) is 13.7 Å². The lowest BCUT2D eigenvalue weighted by Crippen LogP contribution is -2.29. The smallest absolute Gasteiger partial charge is 0.223 e. The van der Waals surface area contributed by atoms with Gasteiger partial charge in [0.15, 0.2) is 0 Å². The molecule has 0 aliphatic heterocycles. The van der Waals surface area contributed by atoms with Crippen LogP contribution in [-0.2, 0) is 4.79 Å². The van der Waals surface area contributed by atoms with Gasteiger partial charge in [-0.3, -0.25) is 4.79 Å². The minimum Gasteiger partial charge on any atom is -0.496 e. The van der Waals surface area contributed by atoms with Gasteiger partial charge in [-0.2, -0.15) is 0 Å². The Morgan fingerprint density at radius 3 is 2.94 bits per heavy atom. The highest BCUT2D eigenvalue weighted by Gasteiger charge is 2.29. The van der Waals surface area contributed by atoms with E-state index in [9.17, 15) is 14.3 Å². The summed E-state index contributed by atoms with van der Waals surface area (Å²) in [6.07, 6.45) is 0.842.